The third-order valence-corrected chi connectivity index (χ3v) is 6.45. The highest BCUT2D eigenvalue weighted by atomic mass is 35.5. The summed E-state index contributed by atoms with van der Waals surface area (Å²) in [5, 5.41) is 13.4. The summed E-state index contributed by atoms with van der Waals surface area (Å²) in [7, 11) is 0. The van der Waals surface area contributed by atoms with Crippen molar-refractivity contribution in [1.29, 1.82) is 5.26 Å². The van der Waals surface area contributed by atoms with Gasteiger partial charge in [0.05, 0.1) is 0 Å². The van der Waals surface area contributed by atoms with Crippen LogP contribution in [0.15, 0.2) is 29.8 Å². The number of aromatic nitrogens is 1. The van der Waals surface area contributed by atoms with Crippen LogP contribution in [0.2, 0.25) is 5.02 Å². The van der Waals surface area contributed by atoms with Crippen LogP contribution >= 0.6 is 11.6 Å². The van der Waals surface area contributed by atoms with Crippen molar-refractivity contribution >= 4 is 23.6 Å². The maximum Gasteiger partial charge on any atom is 0.262 e. The smallest absolute Gasteiger partial charge is 0.262 e. The number of halogens is 1. The zero-order valence-corrected chi connectivity index (χ0v) is 18.3. The summed E-state index contributed by atoms with van der Waals surface area (Å²) in [6.07, 6.45) is 6.14. The second kappa shape index (κ2) is 8.88. The number of nitrogens with one attached hydrogen (secondary N) is 1. The van der Waals surface area contributed by atoms with Crippen molar-refractivity contribution in [2.24, 2.45) is 5.92 Å². The molecule has 1 fully saturated rings. The van der Waals surface area contributed by atoms with Crippen molar-refractivity contribution in [3.8, 4) is 11.8 Å². The van der Waals surface area contributed by atoms with E-state index in [0.29, 0.717) is 10.9 Å². The zero-order chi connectivity index (χ0) is 21.1. The number of carbonyl (C=O) groups is 1. The Kier molecular flexibility index (Phi) is 6.49. The van der Waals surface area contributed by atoms with Gasteiger partial charge in [-0.2, -0.15) is 5.26 Å². The van der Waals surface area contributed by atoms with Crippen LogP contribution in [-0.2, 0) is 4.79 Å². The van der Waals surface area contributed by atoms with Crippen molar-refractivity contribution in [3.05, 3.63) is 57.4 Å². The maximum absolute atomic E-state index is 12.7. The van der Waals surface area contributed by atoms with E-state index in [1.165, 1.54) is 6.42 Å². The molecule has 152 valence electrons. The highest BCUT2D eigenvalue weighted by Crippen LogP contribution is 2.28. The lowest BCUT2D eigenvalue weighted by Crippen LogP contribution is -2.41. The SMILES string of the molecule is Cc1c(Cl)cccc1-n1c(C)cc(/C=C(\C#N)C(=O)N[C@@H]2CCCC[C@@H]2C)c1C. The number of carbonyl (C=O) groups excluding carboxylic acids is 1. The van der Waals surface area contributed by atoms with Gasteiger partial charge in [0.1, 0.15) is 11.6 Å². The summed E-state index contributed by atoms with van der Waals surface area (Å²) in [5.74, 6) is 0.165. The fourth-order valence-corrected chi connectivity index (χ4v) is 4.39. The van der Waals surface area contributed by atoms with Crippen LogP contribution in [0.1, 0.15) is 55.1 Å². The molecule has 3 rings (SSSR count). The van der Waals surface area contributed by atoms with Crippen LogP contribution in [0, 0.1) is 38.0 Å². The molecule has 4 nitrogen and oxygen atoms in total. The molecule has 0 bridgehead atoms. The Hall–Kier alpha value is -2.51. The molecule has 1 aliphatic rings. The van der Waals surface area contributed by atoms with Gasteiger partial charge in [0, 0.05) is 28.1 Å². The molecule has 0 radical (unpaired) electrons. The standard InChI is InChI=1S/C24H28ClN3O/c1-15-8-5-6-10-22(15)27-24(29)20(14-26)13-19-12-16(2)28(18(19)4)23-11-7-9-21(25)17(23)3/h7,9,11-13,15,22H,5-6,8,10H2,1-4H3,(H,27,29)/b20-13+/t15-,22+/m0/s1. The number of nitrogens with zero attached hydrogens (tertiary/aromatic N) is 2. The average Bonchev–Trinajstić information content (AvgIpc) is 2.97. The van der Waals surface area contributed by atoms with Crippen LogP contribution in [0.25, 0.3) is 11.8 Å². The van der Waals surface area contributed by atoms with Crippen molar-refractivity contribution < 1.29 is 4.79 Å². The molecule has 1 heterocycles. The molecule has 1 N–H and O–H groups in total. The van der Waals surface area contributed by atoms with Gasteiger partial charge in [0.15, 0.2) is 0 Å². The second-order valence-corrected chi connectivity index (χ2v) is 8.46. The molecule has 0 unspecified atom stereocenters. The highest BCUT2D eigenvalue weighted by Gasteiger charge is 2.24. The number of hydrogen-bond acceptors (Lipinski definition) is 2. The Morgan fingerprint density at radius 3 is 2.69 bits per heavy atom. The molecule has 2 atom stereocenters. The number of aryl methyl sites for hydroxylation is 1. The number of rotatable bonds is 4. The van der Waals surface area contributed by atoms with Crippen LogP contribution in [0.5, 0.6) is 0 Å². The quantitative estimate of drug-likeness (QED) is 0.523. The largest absolute Gasteiger partial charge is 0.348 e. The van der Waals surface area contributed by atoms with Crippen LogP contribution < -0.4 is 5.32 Å². The summed E-state index contributed by atoms with van der Waals surface area (Å²) in [6, 6.07) is 10.1. The molecule has 0 spiro atoms. The Labute approximate surface area is 178 Å². The van der Waals surface area contributed by atoms with Crippen LogP contribution in [0.4, 0.5) is 0 Å². The van der Waals surface area contributed by atoms with E-state index in [9.17, 15) is 10.1 Å². The third-order valence-electron chi connectivity index (χ3n) is 6.04. The van der Waals surface area contributed by atoms with E-state index in [1.807, 2.05) is 45.0 Å². The zero-order valence-electron chi connectivity index (χ0n) is 17.6. The Balaban J connectivity index is 1.92. The molecular formula is C24H28ClN3O. The molecule has 1 aromatic heterocycles. The summed E-state index contributed by atoms with van der Waals surface area (Å²) >= 11 is 6.31. The van der Waals surface area contributed by atoms with Gasteiger partial charge in [0.2, 0.25) is 0 Å². The van der Waals surface area contributed by atoms with Gasteiger partial charge in [-0.3, -0.25) is 4.79 Å². The van der Waals surface area contributed by atoms with E-state index in [4.69, 9.17) is 11.6 Å². The molecule has 1 aliphatic carbocycles. The first-order valence-corrected chi connectivity index (χ1v) is 10.6. The summed E-state index contributed by atoms with van der Waals surface area (Å²) < 4.78 is 2.11. The van der Waals surface area contributed by atoms with E-state index in [-0.39, 0.29) is 17.5 Å². The number of hydrogen-bond donors (Lipinski definition) is 1. The summed E-state index contributed by atoms with van der Waals surface area (Å²) in [4.78, 5) is 12.7. The van der Waals surface area contributed by atoms with Crippen LogP contribution in [0.3, 0.4) is 0 Å². The fourth-order valence-electron chi connectivity index (χ4n) is 4.22. The van der Waals surface area contributed by atoms with Crippen molar-refractivity contribution in [1.82, 2.24) is 9.88 Å². The minimum atomic E-state index is -0.282. The van der Waals surface area contributed by atoms with Gasteiger partial charge in [-0.15, -0.1) is 0 Å². The predicted molar refractivity (Wildman–Crippen MR) is 118 cm³/mol. The molecule has 1 saturated carbocycles. The maximum atomic E-state index is 12.7. The van der Waals surface area contributed by atoms with Gasteiger partial charge in [-0.05, 0) is 74.9 Å². The average molecular weight is 410 g/mol. The molecule has 29 heavy (non-hydrogen) atoms. The first-order chi connectivity index (χ1) is 13.8. The molecular weight excluding hydrogens is 382 g/mol. The van der Waals surface area contributed by atoms with E-state index < -0.39 is 0 Å². The fraction of sp³-hybridized carbons (Fsp3) is 0.417. The normalized spacial score (nSPS) is 19.7. The van der Waals surface area contributed by atoms with E-state index in [1.54, 1.807) is 6.08 Å². The van der Waals surface area contributed by atoms with E-state index in [2.05, 4.69) is 22.9 Å². The van der Waals surface area contributed by atoms with Gasteiger partial charge in [-0.25, -0.2) is 0 Å². The lowest BCUT2D eigenvalue weighted by Gasteiger charge is -2.29. The first kappa shape index (κ1) is 21.2. The van der Waals surface area contributed by atoms with Crippen molar-refractivity contribution in [3.63, 3.8) is 0 Å². The minimum absolute atomic E-state index is 0.144. The Bertz CT molecular complexity index is 996. The van der Waals surface area contributed by atoms with Gasteiger partial charge in [0.25, 0.3) is 5.91 Å². The minimum Gasteiger partial charge on any atom is -0.348 e. The van der Waals surface area contributed by atoms with Gasteiger partial charge < -0.3 is 9.88 Å². The Morgan fingerprint density at radius 2 is 2.00 bits per heavy atom. The topological polar surface area (TPSA) is 57.8 Å². The predicted octanol–water partition coefficient (Wildman–Crippen LogP) is 5.66. The Morgan fingerprint density at radius 1 is 1.28 bits per heavy atom. The van der Waals surface area contributed by atoms with Crippen LogP contribution in [-0.4, -0.2) is 16.5 Å². The lowest BCUT2D eigenvalue weighted by molar-refractivity contribution is -0.118. The lowest BCUT2D eigenvalue weighted by atomic mass is 9.86. The van der Waals surface area contributed by atoms with Crippen molar-refractivity contribution in [2.75, 3.05) is 0 Å². The first-order valence-electron chi connectivity index (χ1n) is 10.2. The molecule has 2 aromatic rings. The molecule has 0 aliphatic heterocycles. The summed E-state index contributed by atoms with van der Waals surface area (Å²) in [6.45, 7) is 8.17. The van der Waals surface area contributed by atoms with Gasteiger partial charge >= 0.3 is 0 Å². The van der Waals surface area contributed by atoms with E-state index in [0.717, 1.165) is 47.5 Å². The molecule has 1 amide bonds. The number of benzene rings is 1. The van der Waals surface area contributed by atoms with E-state index >= 15 is 0 Å². The monoisotopic (exact) mass is 409 g/mol. The molecule has 0 saturated heterocycles. The van der Waals surface area contributed by atoms with Gasteiger partial charge in [-0.1, -0.05) is 37.4 Å². The highest BCUT2D eigenvalue weighted by molar-refractivity contribution is 6.31. The number of amides is 1. The third kappa shape index (κ3) is 4.41. The second-order valence-electron chi connectivity index (χ2n) is 8.06. The molecule has 1 aromatic carbocycles. The molecule has 5 heteroatoms. The van der Waals surface area contributed by atoms with Crippen molar-refractivity contribution in [2.45, 2.75) is 59.4 Å². The number of nitriles is 1. The summed E-state index contributed by atoms with van der Waals surface area (Å²) in [5.41, 5.74) is 5.01.